The maximum atomic E-state index is 11.5. The van der Waals surface area contributed by atoms with Crippen molar-refractivity contribution in [1.29, 1.82) is 0 Å². The van der Waals surface area contributed by atoms with Crippen LogP contribution in [0.3, 0.4) is 0 Å². The summed E-state index contributed by atoms with van der Waals surface area (Å²) < 4.78 is 1.04. The molecule has 16 heavy (non-hydrogen) atoms. The summed E-state index contributed by atoms with van der Waals surface area (Å²) in [6.45, 7) is 2.54. The van der Waals surface area contributed by atoms with Gasteiger partial charge in [0, 0.05) is 23.5 Å². The Morgan fingerprint density at radius 1 is 1.44 bits per heavy atom. The van der Waals surface area contributed by atoms with Gasteiger partial charge in [0.1, 0.15) is 0 Å². The van der Waals surface area contributed by atoms with Crippen LogP contribution >= 0.6 is 15.9 Å². The van der Waals surface area contributed by atoms with Crippen molar-refractivity contribution in [3.05, 3.63) is 34.3 Å². The summed E-state index contributed by atoms with van der Waals surface area (Å²) in [4.78, 5) is 11.5. The molecule has 4 heteroatoms. The minimum absolute atomic E-state index is 0.0114. The Labute approximate surface area is 105 Å². The number of rotatable bonds is 5. The van der Waals surface area contributed by atoms with Crippen LogP contribution in [-0.2, 0) is 11.3 Å². The van der Waals surface area contributed by atoms with Crippen molar-refractivity contribution in [1.82, 2.24) is 5.32 Å². The van der Waals surface area contributed by atoms with Gasteiger partial charge in [0.25, 0.3) is 0 Å². The van der Waals surface area contributed by atoms with Crippen molar-refractivity contribution in [2.45, 2.75) is 32.4 Å². The van der Waals surface area contributed by atoms with E-state index in [-0.39, 0.29) is 11.9 Å². The summed E-state index contributed by atoms with van der Waals surface area (Å²) in [5.41, 5.74) is 6.78. The summed E-state index contributed by atoms with van der Waals surface area (Å²) in [6.07, 6.45) is 1.22. The van der Waals surface area contributed by atoms with Gasteiger partial charge in [0.05, 0.1) is 0 Å². The molecular formula is C12H17BrN2O. The van der Waals surface area contributed by atoms with Crippen molar-refractivity contribution >= 4 is 21.8 Å². The molecule has 0 fully saturated rings. The van der Waals surface area contributed by atoms with E-state index in [9.17, 15) is 4.79 Å². The molecular weight excluding hydrogens is 268 g/mol. The van der Waals surface area contributed by atoms with Gasteiger partial charge in [-0.15, -0.1) is 0 Å². The Kier molecular flexibility index (Phi) is 5.49. The Hall–Kier alpha value is -0.870. The predicted octanol–water partition coefficient (Wildman–Crippen LogP) is 2.19. The second-order valence-electron chi connectivity index (χ2n) is 3.78. The molecule has 0 aromatic heterocycles. The summed E-state index contributed by atoms with van der Waals surface area (Å²) >= 11 is 3.36. The maximum absolute atomic E-state index is 11.5. The molecule has 0 saturated heterocycles. The lowest BCUT2D eigenvalue weighted by atomic mass is 10.1. The van der Waals surface area contributed by atoms with E-state index in [0.717, 1.165) is 16.5 Å². The zero-order valence-corrected chi connectivity index (χ0v) is 11.0. The fraction of sp³-hybridized carbons (Fsp3) is 0.417. The number of nitrogens with two attached hydrogens (primary N) is 1. The van der Waals surface area contributed by atoms with Crippen LogP contribution in [0.5, 0.6) is 0 Å². The monoisotopic (exact) mass is 284 g/mol. The van der Waals surface area contributed by atoms with Gasteiger partial charge in [-0.3, -0.25) is 4.79 Å². The largest absolute Gasteiger partial charge is 0.352 e. The molecule has 1 aromatic carbocycles. The highest BCUT2D eigenvalue weighted by Crippen LogP contribution is 2.10. The molecule has 88 valence electrons. The lowest BCUT2D eigenvalue weighted by molar-refractivity contribution is -0.121. The normalized spacial score (nSPS) is 12.2. The summed E-state index contributed by atoms with van der Waals surface area (Å²) in [7, 11) is 0. The number of nitrogens with one attached hydrogen (secondary N) is 1. The van der Waals surface area contributed by atoms with E-state index in [4.69, 9.17) is 5.73 Å². The average Bonchev–Trinajstić information content (AvgIpc) is 2.28. The molecule has 0 aliphatic carbocycles. The van der Waals surface area contributed by atoms with Crippen LogP contribution in [0.4, 0.5) is 0 Å². The van der Waals surface area contributed by atoms with Crippen LogP contribution < -0.4 is 11.1 Å². The first-order valence-corrected chi connectivity index (χ1v) is 6.18. The molecule has 1 amide bonds. The fourth-order valence-corrected chi connectivity index (χ4v) is 1.52. The Morgan fingerprint density at radius 3 is 2.62 bits per heavy atom. The molecule has 1 aromatic rings. The lowest BCUT2D eigenvalue weighted by Gasteiger charge is -2.09. The third kappa shape index (κ3) is 4.77. The van der Waals surface area contributed by atoms with E-state index in [0.29, 0.717) is 13.0 Å². The predicted molar refractivity (Wildman–Crippen MR) is 68.9 cm³/mol. The number of hydrogen-bond acceptors (Lipinski definition) is 2. The van der Waals surface area contributed by atoms with Gasteiger partial charge >= 0.3 is 0 Å². The van der Waals surface area contributed by atoms with Gasteiger partial charge in [0.2, 0.25) is 5.91 Å². The Morgan fingerprint density at radius 2 is 2.06 bits per heavy atom. The Balaban J connectivity index is 2.34. The summed E-state index contributed by atoms with van der Waals surface area (Å²) in [5.74, 6) is 0.0114. The SMILES string of the molecule is CCC(N)CC(=O)NCc1ccc(Br)cc1. The van der Waals surface area contributed by atoms with E-state index in [2.05, 4.69) is 21.2 Å². The quantitative estimate of drug-likeness (QED) is 0.871. The standard InChI is InChI=1S/C12H17BrN2O/c1-2-11(14)7-12(16)15-8-9-3-5-10(13)6-4-9/h3-6,11H,2,7-8,14H2,1H3,(H,15,16). The van der Waals surface area contributed by atoms with Crippen molar-refractivity contribution in [3.63, 3.8) is 0 Å². The van der Waals surface area contributed by atoms with Gasteiger partial charge in [-0.2, -0.15) is 0 Å². The molecule has 0 bridgehead atoms. The molecule has 3 nitrogen and oxygen atoms in total. The highest BCUT2D eigenvalue weighted by atomic mass is 79.9. The fourth-order valence-electron chi connectivity index (χ4n) is 1.26. The zero-order chi connectivity index (χ0) is 12.0. The van der Waals surface area contributed by atoms with E-state index < -0.39 is 0 Å². The first kappa shape index (κ1) is 13.2. The van der Waals surface area contributed by atoms with Crippen molar-refractivity contribution in [2.75, 3.05) is 0 Å². The molecule has 3 N–H and O–H groups in total. The van der Waals surface area contributed by atoms with Crippen molar-refractivity contribution in [2.24, 2.45) is 5.73 Å². The van der Waals surface area contributed by atoms with Gasteiger partial charge in [0.15, 0.2) is 0 Å². The molecule has 0 aliphatic heterocycles. The average molecular weight is 285 g/mol. The second kappa shape index (κ2) is 6.66. The highest BCUT2D eigenvalue weighted by Gasteiger charge is 2.06. The third-order valence-corrected chi connectivity index (χ3v) is 2.90. The van der Waals surface area contributed by atoms with E-state index in [1.54, 1.807) is 0 Å². The molecule has 1 rings (SSSR count). The first-order chi connectivity index (χ1) is 7.61. The van der Waals surface area contributed by atoms with Crippen LogP contribution in [0.25, 0.3) is 0 Å². The van der Waals surface area contributed by atoms with Crippen LogP contribution in [0, 0.1) is 0 Å². The first-order valence-electron chi connectivity index (χ1n) is 5.38. The molecule has 0 heterocycles. The van der Waals surface area contributed by atoms with Gasteiger partial charge in [-0.05, 0) is 24.1 Å². The number of halogens is 1. The number of carbonyl (C=O) groups excluding carboxylic acids is 1. The highest BCUT2D eigenvalue weighted by molar-refractivity contribution is 9.10. The molecule has 0 radical (unpaired) electrons. The summed E-state index contributed by atoms with van der Waals surface area (Å²) in [6, 6.07) is 7.83. The van der Waals surface area contributed by atoms with Crippen LogP contribution in [0.2, 0.25) is 0 Å². The number of carbonyl (C=O) groups is 1. The van der Waals surface area contributed by atoms with Crippen molar-refractivity contribution < 1.29 is 4.79 Å². The maximum Gasteiger partial charge on any atom is 0.221 e. The van der Waals surface area contributed by atoms with Crippen molar-refractivity contribution in [3.8, 4) is 0 Å². The van der Waals surface area contributed by atoms with Gasteiger partial charge in [-0.25, -0.2) is 0 Å². The smallest absolute Gasteiger partial charge is 0.221 e. The molecule has 1 atom stereocenters. The molecule has 0 saturated carbocycles. The van der Waals surface area contributed by atoms with Gasteiger partial charge in [-0.1, -0.05) is 35.0 Å². The minimum Gasteiger partial charge on any atom is -0.352 e. The van der Waals surface area contributed by atoms with Crippen LogP contribution in [-0.4, -0.2) is 11.9 Å². The lowest BCUT2D eigenvalue weighted by Crippen LogP contribution is -2.30. The van der Waals surface area contributed by atoms with Crippen LogP contribution in [0.15, 0.2) is 28.7 Å². The molecule has 1 unspecified atom stereocenters. The van der Waals surface area contributed by atoms with E-state index in [1.165, 1.54) is 0 Å². The number of hydrogen-bond donors (Lipinski definition) is 2. The van der Waals surface area contributed by atoms with E-state index >= 15 is 0 Å². The number of benzene rings is 1. The zero-order valence-electron chi connectivity index (χ0n) is 9.37. The topological polar surface area (TPSA) is 55.1 Å². The number of amides is 1. The van der Waals surface area contributed by atoms with E-state index in [1.807, 2.05) is 31.2 Å². The summed E-state index contributed by atoms with van der Waals surface area (Å²) in [5, 5.41) is 2.85. The van der Waals surface area contributed by atoms with Crippen LogP contribution in [0.1, 0.15) is 25.3 Å². The Bertz CT molecular complexity index is 337. The minimum atomic E-state index is -0.0371. The third-order valence-electron chi connectivity index (χ3n) is 2.37. The molecule has 0 aliphatic rings. The second-order valence-corrected chi connectivity index (χ2v) is 4.69. The van der Waals surface area contributed by atoms with Gasteiger partial charge < -0.3 is 11.1 Å². The molecule has 0 spiro atoms.